The maximum Gasteiger partial charge on any atom is 0.254 e. The number of likely N-dealkylation sites (tertiary alicyclic amines) is 1. The molecule has 0 bridgehead atoms. The second-order valence-corrected chi connectivity index (χ2v) is 8.74. The monoisotopic (exact) mass is 440 g/mol. The van der Waals surface area contributed by atoms with Crippen molar-refractivity contribution in [2.75, 3.05) is 32.9 Å². The van der Waals surface area contributed by atoms with Crippen LogP contribution in [0, 0.1) is 11.2 Å². The summed E-state index contributed by atoms with van der Waals surface area (Å²) in [6, 6.07) is 4.14. The van der Waals surface area contributed by atoms with Crippen LogP contribution in [0.3, 0.4) is 0 Å². The van der Waals surface area contributed by atoms with Crippen molar-refractivity contribution >= 4 is 17.9 Å². The van der Waals surface area contributed by atoms with E-state index in [1.165, 1.54) is 24.5 Å². The SMILES string of the molecule is O=C(NCC1CC2(CCOCC2)CN1C(=O)C1=Cc2cc(F)ccc2OC1)c1cn[nH]c1. The highest BCUT2D eigenvalue weighted by Gasteiger charge is 2.47. The summed E-state index contributed by atoms with van der Waals surface area (Å²) in [6.45, 7) is 2.44. The van der Waals surface area contributed by atoms with E-state index in [1.807, 2.05) is 4.90 Å². The zero-order valence-corrected chi connectivity index (χ0v) is 17.6. The predicted molar refractivity (Wildman–Crippen MR) is 113 cm³/mol. The molecule has 3 aliphatic heterocycles. The third-order valence-corrected chi connectivity index (χ3v) is 6.65. The Morgan fingerprint density at radius 2 is 2.16 bits per heavy atom. The summed E-state index contributed by atoms with van der Waals surface area (Å²) in [5.41, 5.74) is 1.48. The molecule has 2 saturated heterocycles. The number of fused-ring (bicyclic) bond motifs is 1. The summed E-state index contributed by atoms with van der Waals surface area (Å²) >= 11 is 0. The molecule has 1 unspecified atom stereocenters. The Morgan fingerprint density at radius 3 is 2.94 bits per heavy atom. The van der Waals surface area contributed by atoms with Crippen LogP contribution < -0.4 is 10.1 Å². The predicted octanol–water partition coefficient (Wildman–Crippen LogP) is 2.15. The molecule has 2 fully saturated rings. The molecular weight excluding hydrogens is 415 g/mol. The van der Waals surface area contributed by atoms with Crippen molar-refractivity contribution < 1.29 is 23.5 Å². The van der Waals surface area contributed by atoms with Gasteiger partial charge in [-0.1, -0.05) is 0 Å². The maximum absolute atomic E-state index is 13.7. The van der Waals surface area contributed by atoms with Gasteiger partial charge in [0.15, 0.2) is 0 Å². The highest BCUT2D eigenvalue weighted by Crippen LogP contribution is 2.43. The van der Waals surface area contributed by atoms with Crippen LogP contribution in [-0.2, 0) is 9.53 Å². The first-order valence-electron chi connectivity index (χ1n) is 10.8. The van der Waals surface area contributed by atoms with E-state index in [2.05, 4.69) is 15.5 Å². The molecule has 3 aliphatic rings. The van der Waals surface area contributed by atoms with Crippen LogP contribution in [0.15, 0.2) is 36.2 Å². The smallest absolute Gasteiger partial charge is 0.254 e. The fourth-order valence-electron chi connectivity index (χ4n) is 4.90. The number of aromatic nitrogens is 2. The van der Waals surface area contributed by atoms with Gasteiger partial charge < -0.3 is 19.7 Å². The summed E-state index contributed by atoms with van der Waals surface area (Å²) in [6.07, 6.45) is 7.27. The number of halogens is 1. The van der Waals surface area contributed by atoms with E-state index in [-0.39, 0.29) is 35.7 Å². The van der Waals surface area contributed by atoms with Crippen LogP contribution >= 0.6 is 0 Å². The Labute approximate surface area is 184 Å². The Bertz CT molecular complexity index is 1050. The number of hydrogen-bond acceptors (Lipinski definition) is 5. The second kappa shape index (κ2) is 8.38. The van der Waals surface area contributed by atoms with E-state index < -0.39 is 0 Å². The van der Waals surface area contributed by atoms with Crippen LogP contribution in [0.2, 0.25) is 0 Å². The van der Waals surface area contributed by atoms with Crippen molar-refractivity contribution in [3.63, 3.8) is 0 Å². The number of aromatic amines is 1. The van der Waals surface area contributed by atoms with Gasteiger partial charge in [-0.05, 0) is 49.0 Å². The molecule has 32 heavy (non-hydrogen) atoms. The number of carbonyl (C=O) groups is 2. The molecule has 1 aromatic carbocycles. The van der Waals surface area contributed by atoms with Crippen molar-refractivity contribution in [2.45, 2.75) is 25.3 Å². The Hall–Kier alpha value is -3.20. The highest BCUT2D eigenvalue weighted by molar-refractivity contribution is 5.99. The van der Waals surface area contributed by atoms with Gasteiger partial charge in [-0.3, -0.25) is 14.7 Å². The van der Waals surface area contributed by atoms with E-state index in [4.69, 9.17) is 9.47 Å². The highest BCUT2D eigenvalue weighted by atomic mass is 19.1. The Kier molecular flexibility index (Phi) is 5.42. The third kappa shape index (κ3) is 4.00. The molecule has 2 aromatic rings. The minimum atomic E-state index is -0.375. The molecule has 0 aliphatic carbocycles. The zero-order chi connectivity index (χ0) is 22.1. The summed E-state index contributed by atoms with van der Waals surface area (Å²) in [5.74, 6) is -0.178. The first kappa shape index (κ1) is 20.7. The zero-order valence-electron chi connectivity index (χ0n) is 17.6. The van der Waals surface area contributed by atoms with Gasteiger partial charge in [0, 0.05) is 44.1 Å². The summed E-state index contributed by atoms with van der Waals surface area (Å²) < 4.78 is 24.9. The van der Waals surface area contributed by atoms with Gasteiger partial charge in [0.2, 0.25) is 0 Å². The van der Waals surface area contributed by atoms with E-state index in [1.54, 1.807) is 12.1 Å². The van der Waals surface area contributed by atoms with Crippen LogP contribution in [-0.4, -0.2) is 65.9 Å². The first-order valence-corrected chi connectivity index (χ1v) is 10.8. The minimum absolute atomic E-state index is 0.0148. The van der Waals surface area contributed by atoms with Crippen molar-refractivity contribution in [3.05, 3.63) is 53.1 Å². The van der Waals surface area contributed by atoms with Crippen LogP contribution in [0.1, 0.15) is 35.2 Å². The number of benzene rings is 1. The van der Waals surface area contributed by atoms with Crippen molar-refractivity contribution in [3.8, 4) is 5.75 Å². The Morgan fingerprint density at radius 1 is 1.31 bits per heavy atom. The number of hydrogen-bond donors (Lipinski definition) is 2. The van der Waals surface area contributed by atoms with Gasteiger partial charge in [-0.15, -0.1) is 0 Å². The molecule has 1 aromatic heterocycles. The first-order chi connectivity index (χ1) is 15.5. The van der Waals surface area contributed by atoms with Gasteiger partial charge >= 0.3 is 0 Å². The third-order valence-electron chi connectivity index (χ3n) is 6.65. The number of nitrogens with one attached hydrogen (secondary N) is 2. The fraction of sp³-hybridized carbons (Fsp3) is 0.435. The summed E-state index contributed by atoms with van der Waals surface area (Å²) in [7, 11) is 0. The number of nitrogens with zero attached hydrogens (tertiary/aromatic N) is 2. The van der Waals surface area contributed by atoms with E-state index in [0.717, 1.165) is 19.3 Å². The summed E-state index contributed by atoms with van der Waals surface area (Å²) in [4.78, 5) is 27.8. The molecule has 0 saturated carbocycles. The van der Waals surface area contributed by atoms with Crippen molar-refractivity contribution in [1.29, 1.82) is 0 Å². The molecular formula is C23H25FN4O4. The Balaban J connectivity index is 1.36. The molecule has 2 amide bonds. The molecule has 1 atom stereocenters. The average Bonchev–Trinajstić information content (AvgIpc) is 3.46. The van der Waals surface area contributed by atoms with Crippen molar-refractivity contribution in [1.82, 2.24) is 20.4 Å². The molecule has 2 N–H and O–H groups in total. The largest absolute Gasteiger partial charge is 0.488 e. The van der Waals surface area contributed by atoms with Crippen LogP contribution in [0.5, 0.6) is 5.75 Å². The van der Waals surface area contributed by atoms with Gasteiger partial charge in [0.05, 0.1) is 17.3 Å². The topological polar surface area (TPSA) is 96.6 Å². The van der Waals surface area contributed by atoms with Gasteiger partial charge in [-0.2, -0.15) is 5.10 Å². The average molecular weight is 440 g/mol. The molecule has 0 radical (unpaired) electrons. The van der Waals surface area contributed by atoms with E-state index in [0.29, 0.717) is 48.8 Å². The quantitative estimate of drug-likeness (QED) is 0.760. The van der Waals surface area contributed by atoms with Gasteiger partial charge in [-0.25, -0.2) is 4.39 Å². The van der Waals surface area contributed by atoms with E-state index in [9.17, 15) is 14.0 Å². The molecule has 1 spiro atoms. The normalized spacial score (nSPS) is 21.6. The summed E-state index contributed by atoms with van der Waals surface area (Å²) in [5, 5.41) is 9.37. The number of ether oxygens (including phenoxy) is 2. The van der Waals surface area contributed by atoms with E-state index >= 15 is 0 Å². The second-order valence-electron chi connectivity index (χ2n) is 8.74. The lowest BCUT2D eigenvalue weighted by Crippen LogP contribution is -2.44. The molecule has 9 heteroatoms. The lowest BCUT2D eigenvalue weighted by atomic mass is 9.78. The van der Waals surface area contributed by atoms with Crippen molar-refractivity contribution in [2.24, 2.45) is 5.41 Å². The van der Waals surface area contributed by atoms with Crippen LogP contribution in [0.25, 0.3) is 6.08 Å². The standard InChI is InChI=1S/C23H25FN4O4/c24-18-1-2-20-15(8-18)7-16(13-32-20)22(30)28-14-23(3-5-31-6-4-23)9-19(28)12-25-21(29)17-10-26-27-11-17/h1-2,7-8,10-11,19H,3-6,9,12-14H2,(H,25,29)(H,26,27). The molecule has 8 nitrogen and oxygen atoms in total. The van der Waals surface area contributed by atoms with Gasteiger partial charge in [0.25, 0.3) is 11.8 Å². The van der Waals surface area contributed by atoms with Crippen LogP contribution in [0.4, 0.5) is 4.39 Å². The number of amides is 2. The molecule has 5 rings (SSSR count). The number of carbonyl (C=O) groups excluding carboxylic acids is 2. The molecule has 4 heterocycles. The number of H-pyrrole nitrogens is 1. The fourth-order valence-corrected chi connectivity index (χ4v) is 4.90. The minimum Gasteiger partial charge on any atom is -0.488 e. The maximum atomic E-state index is 13.7. The number of rotatable bonds is 4. The molecule has 168 valence electrons. The lowest BCUT2D eigenvalue weighted by molar-refractivity contribution is -0.128. The van der Waals surface area contributed by atoms with Gasteiger partial charge in [0.1, 0.15) is 18.2 Å². The lowest BCUT2D eigenvalue weighted by Gasteiger charge is -2.33.